The fraction of sp³-hybridized carbons (Fsp3) is 0.312. The molecule has 1 aromatic heterocycles. The highest BCUT2D eigenvalue weighted by molar-refractivity contribution is 7.88. The number of aromatic carboxylic acids is 1. The van der Waals surface area contributed by atoms with E-state index in [2.05, 4.69) is 9.82 Å². The highest BCUT2D eigenvalue weighted by Crippen LogP contribution is 2.18. The van der Waals surface area contributed by atoms with E-state index in [-0.39, 0.29) is 24.0 Å². The van der Waals surface area contributed by atoms with Crippen LogP contribution in [0.25, 0.3) is 5.69 Å². The van der Waals surface area contributed by atoms with Crippen LogP contribution in [0.2, 0.25) is 0 Å². The number of likely N-dealkylation sites (tertiary alicyclic amines) is 1. The SMILES string of the molecule is CS(=O)(=O)N[C@@H]1CCN(C(=O)c2cc(C(=O)O)nn2-c2ccccc2)C1. The molecule has 0 unspecified atom stereocenters. The fourth-order valence-electron chi connectivity index (χ4n) is 2.91. The second-order valence-corrected chi connectivity index (χ2v) is 7.87. The summed E-state index contributed by atoms with van der Waals surface area (Å²) in [4.78, 5) is 25.6. The molecule has 2 aromatic rings. The zero-order valence-corrected chi connectivity index (χ0v) is 14.8. The molecule has 0 spiro atoms. The quantitative estimate of drug-likeness (QED) is 0.773. The predicted octanol–water partition coefficient (Wildman–Crippen LogP) is 0.334. The van der Waals surface area contributed by atoms with Gasteiger partial charge in [-0.25, -0.2) is 22.6 Å². The van der Waals surface area contributed by atoms with Gasteiger partial charge in [-0.15, -0.1) is 0 Å². The Bertz CT molecular complexity index is 939. The Hall–Kier alpha value is -2.72. The van der Waals surface area contributed by atoms with E-state index in [1.165, 1.54) is 15.6 Å². The molecular weight excluding hydrogens is 360 g/mol. The largest absolute Gasteiger partial charge is 0.476 e. The molecule has 0 saturated carbocycles. The molecule has 1 amide bonds. The summed E-state index contributed by atoms with van der Waals surface area (Å²) < 4.78 is 26.5. The highest BCUT2D eigenvalue weighted by Gasteiger charge is 2.31. The number of para-hydroxylation sites is 1. The van der Waals surface area contributed by atoms with E-state index in [4.69, 9.17) is 0 Å². The summed E-state index contributed by atoms with van der Waals surface area (Å²) in [7, 11) is -3.36. The lowest BCUT2D eigenvalue weighted by Gasteiger charge is -2.17. The minimum absolute atomic E-state index is 0.119. The maximum atomic E-state index is 12.9. The van der Waals surface area contributed by atoms with Crippen molar-refractivity contribution in [2.75, 3.05) is 19.3 Å². The first kappa shape index (κ1) is 18.1. The number of benzene rings is 1. The number of sulfonamides is 1. The van der Waals surface area contributed by atoms with Gasteiger partial charge in [-0.05, 0) is 18.6 Å². The van der Waals surface area contributed by atoms with Crippen LogP contribution in [0.1, 0.15) is 27.4 Å². The number of hydrogen-bond acceptors (Lipinski definition) is 5. The van der Waals surface area contributed by atoms with Gasteiger partial charge in [0.15, 0.2) is 5.69 Å². The monoisotopic (exact) mass is 378 g/mol. The van der Waals surface area contributed by atoms with Crippen LogP contribution in [0, 0.1) is 0 Å². The number of carbonyl (C=O) groups excluding carboxylic acids is 1. The number of nitrogens with zero attached hydrogens (tertiary/aromatic N) is 3. The third-order valence-corrected chi connectivity index (χ3v) is 4.77. The highest BCUT2D eigenvalue weighted by atomic mass is 32.2. The summed E-state index contributed by atoms with van der Waals surface area (Å²) >= 11 is 0. The summed E-state index contributed by atoms with van der Waals surface area (Å²) in [6.07, 6.45) is 1.56. The first-order chi connectivity index (χ1) is 12.2. The molecule has 1 aromatic carbocycles. The normalized spacial score (nSPS) is 17.4. The summed E-state index contributed by atoms with van der Waals surface area (Å²) in [5.74, 6) is -1.63. The molecule has 3 rings (SSSR count). The van der Waals surface area contributed by atoms with Crippen LogP contribution in [-0.2, 0) is 10.0 Å². The molecule has 0 aliphatic carbocycles. The Kier molecular flexibility index (Phi) is 4.79. The van der Waals surface area contributed by atoms with E-state index in [0.717, 1.165) is 6.26 Å². The smallest absolute Gasteiger partial charge is 0.356 e. The van der Waals surface area contributed by atoms with E-state index in [1.54, 1.807) is 30.3 Å². The predicted molar refractivity (Wildman–Crippen MR) is 92.8 cm³/mol. The van der Waals surface area contributed by atoms with Crippen LogP contribution < -0.4 is 4.72 Å². The number of rotatable bonds is 5. The average molecular weight is 378 g/mol. The van der Waals surface area contributed by atoms with Crippen molar-refractivity contribution >= 4 is 21.9 Å². The van der Waals surface area contributed by atoms with E-state index in [1.807, 2.05) is 0 Å². The standard InChI is InChI=1S/C16H18N4O5S/c1-26(24,25)18-11-7-8-19(10-11)15(21)14-9-13(16(22)23)17-20(14)12-5-3-2-4-6-12/h2-6,9,11,18H,7-8,10H2,1H3,(H,22,23)/t11-/m1/s1. The van der Waals surface area contributed by atoms with Gasteiger partial charge in [0.25, 0.3) is 5.91 Å². The second kappa shape index (κ2) is 6.89. The summed E-state index contributed by atoms with van der Waals surface area (Å²) in [5, 5.41) is 13.2. The number of aromatic nitrogens is 2. The number of nitrogens with one attached hydrogen (secondary N) is 1. The molecule has 138 valence electrons. The molecule has 1 atom stereocenters. The van der Waals surface area contributed by atoms with Crippen LogP contribution in [-0.4, -0.2) is 65.5 Å². The fourth-order valence-corrected chi connectivity index (χ4v) is 3.71. The first-order valence-electron chi connectivity index (χ1n) is 7.90. The molecule has 2 N–H and O–H groups in total. The van der Waals surface area contributed by atoms with Crippen LogP contribution in [0.3, 0.4) is 0 Å². The lowest BCUT2D eigenvalue weighted by atomic mass is 10.3. The molecule has 1 fully saturated rings. The Morgan fingerprint density at radius 1 is 1.27 bits per heavy atom. The molecular formula is C16H18N4O5S. The van der Waals surface area contributed by atoms with E-state index >= 15 is 0 Å². The summed E-state index contributed by atoms with van der Waals surface area (Å²) in [5.41, 5.74) is 0.448. The van der Waals surface area contributed by atoms with Crippen molar-refractivity contribution in [1.29, 1.82) is 0 Å². The van der Waals surface area contributed by atoms with Gasteiger partial charge in [-0.1, -0.05) is 18.2 Å². The second-order valence-electron chi connectivity index (χ2n) is 6.09. The topological polar surface area (TPSA) is 122 Å². The molecule has 0 radical (unpaired) electrons. The number of hydrogen-bond donors (Lipinski definition) is 2. The Labute approximate surface area is 150 Å². The molecule has 26 heavy (non-hydrogen) atoms. The third kappa shape index (κ3) is 3.92. The van der Waals surface area contributed by atoms with Gasteiger partial charge in [-0.3, -0.25) is 4.79 Å². The van der Waals surface area contributed by atoms with Crippen LogP contribution in [0.4, 0.5) is 0 Å². The minimum Gasteiger partial charge on any atom is -0.476 e. The van der Waals surface area contributed by atoms with Crippen molar-refractivity contribution in [2.45, 2.75) is 12.5 Å². The van der Waals surface area contributed by atoms with Crippen LogP contribution >= 0.6 is 0 Å². The average Bonchev–Trinajstić information content (AvgIpc) is 3.20. The van der Waals surface area contributed by atoms with Gasteiger partial charge in [-0.2, -0.15) is 5.10 Å². The van der Waals surface area contributed by atoms with Crippen molar-refractivity contribution in [3.05, 3.63) is 47.8 Å². The van der Waals surface area contributed by atoms with Crippen molar-refractivity contribution < 1.29 is 23.1 Å². The summed E-state index contributed by atoms with van der Waals surface area (Å²) in [6, 6.07) is 9.62. The lowest BCUT2D eigenvalue weighted by Crippen LogP contribution is -2.38. The molecule has 1 aliphatic heterocycles. The van der Waals surface area contributed by atoms with Crippen molar-refractivity contribution in [1.82, 2.24) is 19.4 Å². The van der Waals surface area contributed by atoms with Gasteiger partial charge in [0.2, 0.25) is 10.0 Å². The zero-order valence-electron chi connectivity index (χ0n) is 14.0. The van der Waals surface area contributed by atoms with Crippen LogP contribution in [0.5, 0.6) is 0 Å². The van der Waals surface area contributed by atoms with E-state index in [0.29, 0.717) is 18.7 Å². The maximum absolute atomic E-state index is 12.9. The first-order valence-corrected chi connectivity index (χ1v) is 9.79. The molecule has 2 heterocycles. The minimum atomic E-state index is -3.36. The van der Waals surface area contributed by atoms with Gasteiger partial charge in [0, 0.05) is 25.2 Å². The molecule has 0 bridgehead atoms. The Morgan fingerprint density at radius 3 is 2.58 bits per heavy atom. The number of amides is 1. The Balaban J connectivity index is 1.89. The third-order valence-electron chi connectivity index (χ3n) is 4.00. The van der Waals surface area contributed by atoms with Crippen molar-refractivity contribution in [3.8, 4) is 5.69 Å². The number of carbonyl (C=O) groups is 2. The molecule has 1 aliphatic rings. The van der Waals surface area contributed by atoms with E-state index < -0.39 is 21.9 Å². The molecule has 1 saturated heterocycles. The van der Waals surface area contributed by atoms with Gasteiger partial charge < -0.3 is 10.0 Å². The zero-order chi connectivity index (χ0) is 18.9. The van der Waals surface area contributed by atoms with Gasteiger partial charge in [0.1, 0.15) is 5.69 Å². The van der Waals surface area contributed by atoms with Gasteiger partial charge >= 0.3 is 5.97 Å². The molecule has 10 heteroatoms. The van der Waals surface area contributed by atoms with Crippen molar-refractivity contribution in [2.24, 2.45) is 0 Å². The number of carboxylic acid groups (broad SMARTS) is 1. The van der Waals surface area contributed by atoms with Crippen LogP contribution in [0.15, 0.2) is 36.4 Å². The van der Waals surface area contributed by atoms with E-state index in [9.17, 15) is 23.1 Å². The number of carboxylic acids is 1. The lowest BCUT2D eigenvalue weighted by molar-refractivity contribution is 0.0689. The summed E-state index contributed by atoms with van der Waals surface area (Å²) in [6.45, 7) is 0.586. The maximum Gasteiger partial charge on any atom is 0.356 e. The van der Waals surface area contributed by atoms with Gasteiger partial charge in [0.05, 0.1) is 11.9 Å². The Morgan fingerprint density at radius 2 is 1.96 bits per heavy atom. The molecule has 9 nitrogen and oxygen atoms in total. The van der Waals surface area contributed by atoms with Crippen molar-refractivity contribution in [3.63, 3.8) is 0 Å².